The Morgan fingerprint density at radius 3 is 2.69 bits per heavy atom. The first-order valence-electron chi connectivity index (χ1n) is 5.59. The van der Waals surface area contributed by atoms with Crippen LogP contribution in [0.1, 0.15) is 12.5 Å². The van der Waals surface area contributed by atoms with Crippen molar-refractivity contribution in [3.05, 3.63) is 29.8 Å². The average molecular weight is 223 g/mol. The Bertz CT molecular complexity index is 302. The van der Waals surface area contributed by atoms with E-state index in [0.29, 0.717) is 5.92 Å². The van der Waals surface area contributed by atoms with Gasteiger partial charge in [-0.15, -0.1) is 0 Å². The van der Waals surface area contributed by atoms with Crippen molar-refractivity contribution in [3.63, 3.8) is 0 Å². The minimum absolute atomic E-state index is 0.528. The molecule has 0 fully saturated rings. The molecule has 0 radical (unpaired) electrons. The number of nitrogens with one attached hydrogen (secondary N) is 1. The van der Waals surface area contributed by atoms with Gasteiger partial charge in [-0.2, -0.15) is 0 Å². The molecule has 16 heavy (non-hydrogen) atoms. The van der Waals surface area contributed by atoms with Crippen LogP contribution in [-0.2, 0) is 11.3 Å². The van der Waals surface area contributed by atoms with Gasteiger partial charge >= 0.3 is 0 Å². The predicted octanol–water partition coefficient (Wildman–Crippen LogP) is 2.07. The molecule has 0 aromatic heterocycles. The normalized spacial score (nSPS) is 12.4. The second-order valence-electron chi connectivity index (χ2n) is 4.00. The Hall–Kier alpha value is -1.06. The maximum atomic E-state index is 5.29. The first-order chi connectivity index (χ1) is 7.77. The number of benzene rings is 1. The van der Waals surface area contributed by atoms with Crippen LogP contribution in [0.4, 0.5) is 0 Å². The predicted molar refractivity (Wildman–Crippen MR) is 65.7 cm³/mol. The molecule has 1 atom stereocenters. The Morgan fingerprint density at radius 1 is 1.25 bits per heavy atom. The third kappa shape index (κ3) is 4.21. The Labute approximate surface area is 97.8 Å². The summed E-state index contributed by atoms with van der Waals surface area (Å²) in [6, 6.07) is 8.07. The molecule has 0 aliphatic carbocycles. The molecular weight excluding hydrogens is 202 g/mol. The summed E-state index contributed by atoms with van der Waals surface area (Å²) in [4.78, 5) is 0. The molecule has 0 heterocycles. The maximum Gasteiger partial charge on any atom is 0.123 e. The summed E-state index contributed by atoms with van der Waals surface area (Å²) < 4.78 is 10.4. The van der Waals surface area contributed by atoms with Crippen molar-refractivity contribution in [2.24, 2.45) is 5.92 Å². The van der Waals surface area contributed by atoms with Crippen molar-refractivity contribution >= 4 is 0 Å². The van der Waals surface area contributed by atoms with Crippen LogP contribution in [0.2, 0.25) is 0 Å². The van der Waals surface area contributed by atoms with Crippen molar-refractivity contribution < 1.29 is 9.47 Å². The van der Waals surface area contributed by atoms with Gasteiger partial charge in [-0.3, -0.25) is 0 Å². The number of hydrogen-bond donors (Lipinski definition) is 1. The van der Waals surface area contributed by atoms with Crippen molar-refractivity contribution in [1.82, 2.24) is 5.32 Å². The highest BCUT2D eigenvalue weighted by Crippen LogP contribution is 2.16. The van der Waals surface area contributed by atoms with E-state index < -0.39 is 0 Å². The van der Waals surface area contributed by atoms with Crippen LogP contribution in [0.25, 0.3) is 0 Å². The summed E-state index contributed by atoms with van der Waals surface area (Å²) in [5, 5.41) is 3.40. The third-order valence-corrected chi connectivity index (χ3v) is 2.45. The zero-order chi connectivity index (χ0) is 11.8. The van der Waals surface area contributed by atoms with E-state index in [1.807, 2.05) is 18.2 Å². The lowest BCUT2D eigenvalue weighted by atomic mass is 10.1. The van der Waals surface area contributed by atoms with E-state index in [4.69, 9.17) is 9.47 Å². The molecule has 1 N–H and O–H groups in total. The SMILES string of the molecule is COCC(C)CNCc1ccccc1OC. The number of ether oxygens (including phenoxy) is 2. The van der Waals surface area contributed by atoms with Gasteiger partial charge in [0.25, 0.3) is 0 Å². The van der Waals surface area contributed by atoms with Gasteiger partial charge in [0, 0.05) is 32.4 Å². The van der Waals surface area contributed by atoms with Crippen LogP contribution in [0, 0.1) is 5.92 Å². The molecule has 0 spiro atoms. The van der Waals surface area contributed by atoms with E-state index in [9.17, 15) is 0 Å². The maximum absolute atomic E-state index is 5.29. The first kappa shape index (κ1) is 13.0. The average Bonchev–Trinajstić information content (AvgIpc) is 2.30. The van der Waals surface area contributed by atoms with E-state index in [1.165, 1.54) is 5.56 Å². The topological polar surface area (TPSA) is 30.5 Å². The number of hydrogen-bond acceptors (Lipinski definition) is 3. The fraction of sp³-hybridized carbons (Fsp3) is 0.538. The van der Waals surface area contributed by atoms with E-state index in [0.717, 1.165) is 25.4 Å². The number of methoxy groups -OCH3 is 2. The quantitative estimate of drug-likeness (QED) is 0.767. The second kappa shape index (κ2) is 7.25. The first-order valence-corrected chi connectivity index (χ1v) is 5.59. The van der Waals surface area contributed by atoms with Gasteiger partial charge in [0.2, 0.25) is 0 Å². The largest absolute Gasteiger partial charge is 0.496 e. The number of rotatable bonds is 7. The zero-order valence-corrected chi connectivity index (χ0v) is 10.3. The van der Waals surface area contributed by atoms with Crippen LogP contribution in [0.5, 0.6) is 5.75 Å². The van der Waals surface area contributed by atoms with Crippen molar-refractivity contribution in [3.8, 4) is 5.75 Å². The fourth-order valence-electron chi connectivity index (χ4n) is 1.65. The Morgan fingerprint density at radius 2 is 2.00 bits per heavy atom. The number of para-hydroxylation sites is 1. The van der Waals surface area contributed by atoms with Gasteiger partial charge in [0.1, 0.15) is 5.75 Å². The third-order valence-electron chi connectivity index (χ3n) is 2.45. The molecule has 1 aromatic rings. The molecule has 3 nitrogen and oxygen atoms in total. The van der Waals surface area contributed by atoms with E-state index in [2.05, 4.69) is 18.3 Å². The molecule has 0 saturated heterocycles. The summed E-state index contributed by atoms with van der Waals surface area (Å²) in [5.74, 6) is 1.47. The lowest BCUT2D eigenvalue weighted by molar-refractivity contribution is 0.158. The summed E-state index contributed by atoms with van der Waals surface area (Å²) in [5.41, 5.74) is 1.19. The zero-order valence-electron chi connectivity index (χ0n) is 10.3. The fourth-order valence-corrected chi connectivity index (χ4v) is 1.65. The molecule has 0 amide bonds. The second-order valence-corrected chi connectivity index (χ2v) is 4.00. The highest BCUT2D eigenvalue weighted by atomic mass is 16.5. The van der Waals surface area contributed by atoms with Gasteiger partial charge < -0.3 is 14.8 Å². The molecule has 3 heteroatoms. The van der Waals surface area contributed by atoms with E-state index in [-0.39, 0.29) is 0 Å². The van der Waals surface area contributed by atoms with Gasteiger partial charge in [0.15, 0.2) is 0 Å². The van der Waals surface area contributed by atoms with E-state index >= 15 is 0 Å². The van der Waals surface area contributed by atoms with Crippen LogP contribution in [0.15, 0.2) is 24.3 Å². The molecule has 1 aromatic carbocycles. The highest BCUT2D eigenvalue weighted by Gasteiger charge is 2.03. The van der Waals surface area contributed by atoms with E-state index in [1.54, 1.807) is 14.2 Å². The Kier molecular flexibility index (Phi) is 5.90. The smallest absolute Gasteiger partial charge is 0.123 e. The summed E-state index contributed by atoms with van der Waals surface area (Å²) >= 11 is 0. The highest BCUT2D eigenvalue weighted by molar-refractivity contribution is 5.32. The van der Waals surface area contributed by atoms with Crippen molar-refractivity contribution in [2.45, 2.75) is 13.5 Å². The standard InChI is InChI=1S/C13H21NO2/c1-11(10-15-2)8-14-9-12-6-4-5-7-13(12)16-3/h4-7,11,14H,8-10H2,1-3H3. The molecule has 0 bridgehead atoms. The van der Waals surface area contributed by atoms with Crippen LogP contribution in [0.3, 0.4) is 0 Å². The molecular formula is C13H21NO2. The molecule has 90 valence electrons. The van der Waals surface area contributed by atoms with Crippen LogP contribution >= 0.6 is 0 Å². The lowest BCUT2D eigenvalue weighted by Crippen LogP contribution is -2.23. The molecule has 1 rings (SSSR count). The van der Waals surface area contributed by atoms with Gasteiger partial charge in [-0.1, -0.05) is 25.1 Å². The summed E-state index contributed by atoms with van der Waals surface area (Å²) in [6.07, 6.45) is 0. The van der Waals surface area contributed by atoms with Gasteiger partial charge in [0.05, 0.1) is 7.11 Å². The lowest BCUT2D eigenvalue weighted by Gasteiger charge is -2.13. The minimum atomic E-state index is 0.528. The molecule has 0 aliphatic rings. The van der Waals surface area contributed by atoms with Gasteiger partial charge in [-0.05, 0) is 12.0 Å². The van der Waals surface area contributed by atoms with Crippen molar-refractivity contribution in [1.29, 1.82) is 0 Å². The van der Waals surface area contributed by atoms with Crippen molar-refractivity contribution in [2.75, 3.05) is 27.4 Å². The van der Waals surface area contributed by atoms with Gasteiger partial charge in [-0.25, -0.2) is 0 Å². The van der Waals surface area contributed by atoms with Crippen LogP contribution < -0.4 is 10.1 Å². The monoisotopic (exact) mass is 223 g/mol. The minimum Gasteiger partial charge on any atom is -0.496 e. The summed E-state index contributed by atoms with van der Waals surface area (Å²) in [6.45, 7) is 4.74. The Balaban J connectivity index is 2.36. The summed E-state index contributed by atoms with van der Waals surface area (Å²) in [7, 11) is 3.43. The molecule has 0 saturated carbocycles. The van der Waals surface area contributed by atoms with Crippen LogP contribution in [-0.4, -0.2) is 27.4 Å². The molecule has 1 unspecified atom stereocenters. The molecule has 0 aliphatic heterocycles.